The van der Waals surface area contributed by atoms with Crippen LogP contribution >= 0.6 is 34.8 Å². The molecule has 1 nitrogen and oxygen atoms in total. The van der Waals surface area contributed by atoms with Crippen molar-refractivity contribution >= 4 is 34.8 Å². The van der Waals surface area contributed by atoms with Gasteiger partial charge in [0.1, 0.15) is 0 Å². The molecular weight excluding hydrogens is 264 g/mol. The van der Waals surface area contributed by atoms with Crippen molar-refractivity contribution in [1.82, 2.24) is 0 Å². The van der Waals surface area contributed by atoms with Gasteiger partial charge in [0, 0.05) is 17.8 Å². The number of hydrogen-bond acceptors (Lipinski definition) is 1. The molecule has 88 valence electrons. The van der Waals surface area contributed by atoms with Crippen LogP contribution in [0.25, 0.3) is 0 Å². The average Bonchev–Trinajstić information content (AvgIpc) is 2.88. The zero-order valence-electron chi connectivity index (χ0n) is 9.01. The summed E-state index contributed by atoms with van der Waals surface area (Å²) in [6.45, 7) is 2.78. The second kappa shape index (κ2) is 4.38. The molecule has 0 spiro atoms. The third-order valence-electron chi connectivity index (χ3n) is 3.93. The van der Waals surface area contributed by atoms with Gasteiger partial charge in [-0.1, -0.05) is 36.2 Å². The van der Waals surface area contributed by atoms with Crippen LogP contribution in [0, 0.1) is 11.8 Å². The molecule has 0 radical (unpaired) electrons. The fourth-order valence-corrected chi connectivity index (χ4v) is 3.56. The Morgan fingerprint density at radius 3 is 2.44 bits per heavy atom. The second-order valence-corrected chi connectivity index (χ2v) is 5.55. The van der Waals surface area contributed by atoms with Crippen LogP contribution in [0.5, 0.6) is 0 Å². The lowest BCUT2D eigenvalue weighted by Gasteiger charge is -2.16. The minimum absolute atomic E-state index is 0.00399. The summed E-state index contributed by atoms with van der Waals surface area (Å²) in [6.07, 6.45) is 0. The molecule has 1 saturated carbocycles. The van der Waals surface area contributed by atoms with E-state index in [1.165, 1.54) is 0 Å². The number of halogens is 3. The van der Waals surface area contributed by atoms with Gasteiger partial charge >= 0.3 is 0 Å². The molecule has 1 aromatic carbocycles. The van der Waals surface area contributed by atoms with Gasteiger partial charge < -0.3 is 5.73 Å². The van der Waals surface area contributed by atoms with Gasteiger partial charge in [0.05, 0.1) is 10.0 Å². The molecule has 1 aliphatic carbocycles. The van der Waals surface area contributed by atoms with Gasteiger partial charge in [-0.15, -0.1) is 11.6 Å². The monoisotopic (exact) mass is 277 g/mol. The Morgan fingerprint density at radius 1 is 1.31 bits per heavy atom. The van der Waals surface area contributed by atoms with Crippen molar-refractivity contribution < 1.29 is 0 Å². The molecule has 1 aromatic rings. The van der Waals surface area contributed by atoms with E-state index < -0.39 is 0 Å². The SMILES string of the molecule is C[C@@H]1[C@H](CCl)[C@@]1(CN)c1ccc(Cl)c(Cl)c1. The summed E-state index contributed by atoms with van der Waals surface area (Å²) >= 11 is 17.9. The number of hydrogen-bond donors (Lipinski definition) is 1. The summed E-state index contributed by atoms with van der Waals surface area (Å²) in [6, 6.07) is 5.75. The summed E-state index contributed by atoms with van der Waals surface area (Å²) in [5.41, 5.74) is 7.06. The first-order valence-electron chi connectivity index (χ1n) is 5.29. The highest BCUT2D eigenvalue weighted by molar-refractivity contribution is 6.42. The first kappa shape index (κ1) is 12.5. The first-order valence-corrected chi connectivity index (χ1v) is 6.58. The lowest BCUT2D eigenvalue weighted by atomic mass is 9.92. The zero-order valence-corrected chi connectivity index (χ0v) is 11.3. The smallest absolute Gasteiger partial charge is 0.0595 e. The fraction of sp³-hybridized carbons (Fsp3) is 0.500. The van der Waals surface area contributed by atoms with Crippen molar-refractivity contribution in [2.45, 2.75) is 12.3 Å². The van der Waals surface area contributed by atoms with E-state index in [9.17, 15) is 0 Å². The lowest BCUT2D eigenvalue weighted by Crippen LogP contribution is -2.24. The average molecular weight is 279 g/mol. The topological polar surface area (TPSA) is 26.0 Å². The maximum atomic E-state index is 6.04. The molecule has 0 aromatic heterocycles. The Labute approximate surface area is 111 Å². The van der Waals surface area contributed by atoms with E-state index in [0.29, 0.717) is 34.3 Å². The standard InChI is InChI=1S/C12H14Cl3N/c1-7-9(5-13)12(7,6-16)8-2-3-10(14)11(15)4-8/h2-4,7,9H,5-6,16H2,1H3/t7-,9+,12-/m1/s1. The molecule has 3 atom stereocenters. The number of benzene rings is 1. The number of rotatable bonds is 3. The fourth-order valence-electron chi connectivity index (χ4n) is 2.72. The summed E-state index contributed by atoms with van der Waals surface area (Å²) in [5, 5.41) is 1.16. The highest BCUT2D eigenvalue weighted by atomic mass is 35.5. The molecule has 0 amide bonds. The van der Waals surface area contributed by atoms with Gasteiger partial charge in [-0.2, -0.15) is 0 Å². The van der Waals surface area contributed by atoms with Crippen LogP contribution in [0.1, 0.15) is 12.5 Å². The van der Waals surface area contributed by atoms with Crippen molar-refractivity contribution in [3.63, 3.8) is 0 Å². The van der Waals surface area contributed by atoms with Gasteiger partial charge in [-0.3, -0.25) is 0 Å². The minimum Gasteiger partial charge on any atom is -0.330 e. The van der Waals surface area contributed by atoms with Gasteiger partial charge in [0.2, 0.25) is 0 Å². The van der Waals surface area contributed by atoms with Crippen LogP contribution in [-0.4, -0.2) is 12.4 Å². The summed E-state index contributed by atoms with van der Waals surface area (Å²) in [4.78, 5) is 0. The van der Waals surface area contributed by atoms with E-state index in [1.807, 2.05) is 18.2 Å². The van der Waals surface area contributed by atoms with Crippen molar-refractivity contribution in [3.8, 4) is 0 Å². The maximum absolute atomic E-state index is 6.04. The summed E-state index contributed by atoms with van der Waals surface area (Å²) < 4.78 is 0. The van der Waals surface area contributed by atoms with E-state index in [-0.39, 0.29) is 5.41 Å². The van der Waals surface area contributed by atoms with Crippen LogP contribution in [0.3, 0.4) is 0 Å². The number of alkyl halides is 1. The Kier molecular flexibility index (Phi) is 3.42. The molecule has 0 heterocycles. The molecule has 0 aliphatic heterocycles. The zero-order chi connectivity index (χ0) is 11.9. The molecule has 0 unspecified atom stereocenters. The van der Waals surface area contributed by atoms with Gasteiger partial charge in [-0.25, -0.2) is 0 Å². The lowest BCUT2D eigenvalue weighted by molar-refractivity contribution is 0.621. The molecule has 1 fully saturated rings. The van der Waals surface area contributed by atoms with Gasteiger partial charge in [0.15, 0.2) is 0 Å². The predicted octanol–water partition coefficient (Wildman–Crippen LogP) is 3.69. The van der Waals surface area contributed by atoms with Crippen molar-refractivity contribution in [2.24, 2.45) is 17.6 Å². The molecule has 4 heteroatoms. The van der Waals surface area contributed by atoms with Crippen molar-refractivity contribution in [2.75, 3.05) is 12.4 Å². The van der Waals surface area contributed by atoms with E-state index in [1.54, 1.807) is 0 Å². The van der Waals surface area contributed by atoms with Gasteiger partial charge in [0.25, 0.3) is 0 Å². The second-order valence-electron chi connectivity index (χ2n) is 4.42. The Morgan fingerprint density at radius 2 is 2.00 bits per heavy atom. The number of nitrogens with two attached hydrogens (primary N) is 1. The predicted molar refractivity (Wildman–Crippen MR) is 70.6 cm³/mol. The van der Waals surface area contributed by atoms with Crippen molar-refractivity contribution in [1.29, 1.82) is 0 Å². The highest BCUT2D eigenvalue weighted by Gasteiger charge is 2.61. The van der Waals surface area contributed by atoms with E-state index in [2.05, 4.69) is 6.92 Å². The molecule has 16 heavy (non-hydrogen) atoms. The van der Waals surface area contributed by atoms with Crippen molar-refractivity contribution in [3.05, 3.63) is 33.8 Å². The Balaban J connectivity index is 2.40. The molecule has 1 aliphatic rings. The highest BCUT2D eigenvalue weighted by Crippen LogP contribution is 2.59. The first-order chi connectivity index (χ1) is 7.57. The molecular formula is C12H14Cl3N. The van der Waals surface area contributed by atoms with Crippen LogP contribution in [0.15, 0.2) is 18.2 Å². The van der Waals surface area contributed by atoms with Crippen LogP contribution in [-0.2, 0) is 5.41 Å². The van der Waals surface area contributed by atoms with E-state index >= 15 is 0 Å². The maximum Gasteiger partial charge on any atom is 0.0595 e. The third kappa shape index (κ3) is 1.65. The molecule has 0 bridgehead atoms. The van der Waals surface area contributed by atoms with Crippen LogP contribution in [0.4, 0.5) is 0 Å². The van der Waals surface area contributed by atoms with Crippen LogP contribution in [0.2, 0.25) is 10.0 Å². The molecule has 2 rings (SSSR count). The van der Waals surface area contributed by atoms with Crippen LogP contribution < -0.4 is 5.73 Å². The summed E-state index contributed by atoms with van der Waals surface area (Å²) in [7, 11) is 0. The van der Waals surface area contributed by atoms with E-state index in [0.717, 1.165) is 5.56 Å². The normalized spacial score (nSPS) is 32.8. The Hall–Kier alpha value is 0.0500. The molecule has 2 N–H and O–H groups in total. The third-order valence-corrected chi connectivity index (χ3v) is 5.00. The van der Waals surface area contributed by atoms with E-state index in [4.69, 9.17) is 40.5 Å². The van der Waals surface area contributed by atoms with Gasteiger partial charge in [-0.05, 0) is 29.5 Å². The molecule has 0 saturated heterocycles. The largest absolute Gasteiger partial charge is 0.330 e. The Bertz CT molecular complexity index is 407. The quantitative estimate of drug-likeness (QED) is 0.838. The minimum atomic E-state index is -0.00399. The summed E-state index contributed by atoms with van der Waals surface area (Å²) in [5.74, 6) is 1.59.